The minimum absolute atomic E-state index is 0.0563. The minimum atomic E-state index is -3.70. The van der Waals surface area contributed by atoms with E-state index in [-0.39, 0.29) is 4.90 Å². The van der Waals surface area contributed by atoms with E-state index in [1.807, 2.05) is 11.4 Å². The highest BCUT2D eigenvalue weighted by Gasteiger charge is 2.10. The lowest BCUT2D eigenvalue weighted by Gasteiger charge is -2.04. The molecule has 3 aromatic rings. The van der Waals surface area contributed by atoms with E-state index >= 15 is 0 Å². The average Bonchev–Trinajstić information content (AvgIpc) is 2.95. The molecule has 0 unspecified atom stereocenters. The molecule has 3 N–H and O–H groups in total. The second-order valence-electron chi connectivity index (χ2n) is 4.86. The number of benzene rings is 2. The lowest BCUT2D eigenvalue weighted by atomic mass is 10.2. The molecule has 0 fully saturated rings. The molecule has 5 nitrogen and oxygen atoms in total. The number of hydrogen-bond acceptors (Lipinski definition) is 5. The molecule has 0 aliphatic carbocycles. The highest BCUT2D eigenvalue weighted by molar-refractivity contribution is 7.89. The molecule has 3 rings (SSSR count). The van der Waals surface area contributed by atoms with Crippen LogP contribution in [0.5, 0.6) is 0 Å². The molecular weight excluding hydrogens is 389 g/mol. The van der Waals surface area contributed by atoms with E-state index in [0.29, 0.717) is 20.9 Å². The van der Waals surface area contributed by atoms with Gasteiger partial charge in [-0.3, -0.25) is 0 Å². The molecule has 0 saturated carbocycles. The number of nitrogens with zero attached hydrogens (tertiary/aromatic N) is 1. The maximum atomic E-state index is 11.2. The largest absolute Gasteiger partial charge is 0.332 e. The molecule has 9 heteroatoms. The molecule has 1 aromatic heterocycles. The van der Waals surface area contributed by atoms with Crippen molar-refractivity contribution < 1.29 is 8.42 Å². The zero-order valence-electron chi connectivity index (χ0n) is 12.0. The van der Waals surface area contributed by atoms with E-state index in [9.17, 15) is 8.42 Å². The average molecular weight is 400 g/mol. The van der Waals surface area contributed by atoms with Crippen molar-refractivity contribution >= 4 is 55.4 Å². The molecule has 0 atom stereocenters. The van der Waals surface area contributed by atoms with Gasteiger partial charge in [0.25, 0.3) is 0 Å². The lowest BCUT2D eigenvalue weighted by Crippen LogP contribution is -2.11. The Morgan fingerprint density at radius 1 is 1.08 bits per heavy atom. The van der Waals surface area contributed by atoms with Crippen molar-refractivity contribution in [2.75, 3.05) is 5.32 Å². The summed E-state index contributed by atoms with van der Waals surface area (Å²) in [6.45, 7) is 0. The Hall–Kier alpha value is -1.64. The van der Waals surface area contributed by atoms with Gasteiger partial charge in [0.1, 0.15) is 0 Å². The quantitative estimate of drug-likeness (QED) is 0.675. The Morgan fingerprint density at radius 3 is 2.42 bits per heavy atom. The number of sulfonamides is 1. The molecule has 0 bridgehead atoms. The maximum Gasteiger partial charge on any atom is 0.238 e. The summed E-state index contributed by atoms with van der Waals surface area (Å²) in [7, 11) is -3.70. The smallest absolute Gasteiger partial charge is 0.238 e. The van der Waals surface area contributed by atoms with Crippen LogP contribution in [0.3, 0.4) is 0 Å². The van der Waals surface area contributed by atoms with Crippen molar-refractivity contribution in [1.82, 2.24) is 4.98 Å². The van der Waals surface area contributed by atoms with Crippen molar-refractivity contribution in [1.29, 1.82) is 0 Å². The second kappa shape index (κ2) is 6.70. The first-order valence-corrected chi connectivity index (χ1v) is 9.82. The highest BCUT2D eigenvalue weighted by Crippen LogP contribution is 2.33. The molecule has 0 amide bonds. The first kappa shape index (κ1) is 17.2. The molecule has 124 valence electrons. The Labute approximate surface area is 153 Å². The normalized spacial score (nSPS) is 11.5. The molecule has 0 radical (unpaired) electrons. The molecule has 24 heavy (non-hydrogen) atoms. The number of primary sulfonamides is 1. The number of nitrogens with two attached hydrogens (primary N) is 1. The topological polar surface area (TPSA) is 85.1 Å². The molecule has 0 spiro atoms. The van der Waals surface area contributed by atoms with Gasteiger partial charge in [0.15, 0.2) is 5.13 Å². The van der Waals surface area contributed by atoms with Gasteiger partial charge in [0.05, 0.1) is 15.6 Å². The van der Waals surface area contributed by atoms with Gasteiger partial charge >= 0.3 is 0 Å². The summed E-state index contributed by atoms with van der Waals surface area (Å²) in [6, 6.07) is 11.3. The molecule has 1 heterocycles. The van der Waals surface area contributed by atoms with Gasteiger partial charge < -0.3 is 5.32 Å². The standard InChI is InChI=1S/C15H11Cl2N3O2S2/c16-9-1-6-12(13(17)7-9)14-8-23-15(20-14)19-10-2-4-11(5-3-10)24(18,21)22/h1-8H,(H,19,20)(H2,18,21,22). The Morgan fingerprint density at radius 2 is 1.79 bits per heavy atom. The van der Waals surface area contributed by atoms with Gasteiger partial charge in [0.2, 0.25) is 10.0 Å². The fraction of sp³-hybridized carbons (Fsp3) is 0. The van der Waals surface area contributed by atoms with Crippen LogP contribution in [0, 0.1) is 0 Å². The zero-order valence-corrected chi connectivity index (χ0v) is 15.2. The summed E-state index contributed by atoms with van der Waals surface area (Å²) in [5, 5.41) is 11.8. The number of anilines is 2. The summed E-state index contributed by atoms with van der Waals surface area (Å²) in [5.74, 6) is 0. The van der Waals surface area contributed by atoms with Crippen LogP contribution in [-0.4, -0.2) is 13.4 Å². The van der Waals surface area contributed by atoms with E-state index in [1.165, 1.54) is 23.5 Å². The van der Waals surface area contributed by atoms with E-state index in [2.05, 4.69) is 10.3 Å². The highest BCUT2D eigenvalue weighted by atomic mass is 35.5. The summed E-state index contributed by atoms with van der Waals surface area (Å²) < 4.78 is 22.5. The zero-order chi connectivity index (χ0) is 17.3. The van der Waals surface area contributed by atoms with E-state index in [1.54, 1.807) is 24.3 Å². The third kappa shape index (κ3) is 3.88. The van der Waals surface area contributed by atoms with Gasteiger partial charge in [-0.2, -0.15) is 0 Å². The number of hydrogen-bond donors (Lipinski definition) is 2. The third-order valence-corrected chi connectivity index (χ3v) is 5.38. The maximum absolute atomic E-state index is 11.2. The number of aromatic nitrogens is 1. The number of rotatable bonds is 4. The third-order valence-electron chi connectivity index (χ3n) is 3.15. The van der Waals surface area contributed by atoms with Gasteiger partial charge in [-0.25, -0.2) is 18.5 Å². The number of thiazole rings is 1. The Balaban J connectivity index is 1.81. The van der Waals surface area contributed by atoms with Crippen LogP contribution in [0.4, 0.5) is 10.8 Å². The Kier molecular flexibility index (Phi) is 4.80. The van der Waals surface area contributed by atoms with E-state index < -0.39 is 10.0 Å². The SMILES string of the molecule is NS(=O)(=O)c1ccc(Nc2nc(-c3ccc(Cl)cc3Cl)cs2)cc1. The van der Waals surface area contributed by atoms with Crippen molar-refractivity contribution in [3.05, 3.63) is 57.9 Å². The molecule has 2 aromatic carbocycles. The van der Waals surface area contributed by atoms with Crippen LogP contribution < -0.4 is 10.5 Å². The van der Waals surface area contributed by atoms with E-state index in [4.69, 9.17) is 28.3 Å². The summed E-state index contributed by atoms with van der Waals surface area (Å²) in [4.78, 5) is 4.53. The number of halogens is 2. The van der Waals surface area contributed by atoms with Gasteiger partial charge in [-0.05, 0) is 42.5 Å². The van der Waals surface area contributed by atoms with E-state index in [0.717, 1.165) is 11.3 Å². The minimum Gasteiger partial charge on any atom is -0.332 e. The van der Waals surface area contributed by atoms with Gasteiger partial charge in [-0.1, -0.05) is 23.2 Å². The number of nitrogens with one attached hydrogen (secondary N) is 1. The second-order valence-corrected chi connectivity index (χ2v) is 8.12. The van der Waals surface area contributed by atoms with Crippen LogP contribution >= 0.6 is 34.5 Å². The van der Waals surface area contributed by atoms with Gasteiger partial charge in [0, 0.05) is 21.7 Å². The van der Waals surface area contributed by atoms with Gasteiger partial charge in [-0.15, -0.1) is 11.3 Å². The van der Waals surface area contributed by atoms with Crippen molar-refractivity contribution in [3.8, 4) is 11.3 Å². The van der Waals surface area contributed by atoms with Crippen LogP contribution in [0.25, 0.3) is 11.3 Å². The first-order chi connectivity index (χ1) is 11.3. The van der Waals surface area contributed by atoms with Crippen molar-refractivity contribution in [2.24, 2.45) is 5.14 Å². The molecule has 0 saturated heterocycles. The predicted molar refractivity (Wildman–Crippen MR) is 98.7 cm³/mol. The fourth-order valence-corrected chi connectivity index (χ4v) is 3.75. The fourth-order valence-electron chi connectivity index (χ4n) is 2.00. The molecule has 0 aliphatic heterocycles. The van der Waals surface area contributed by atoms with Crippen molar-refractivity contribution in [3.63, 3.8) is 0 Å². The first-order valence-electron chi connectivity index (χ1n) is 6.64. The lowest BCUT2D eigenvalue weighted by molar-refractivity contribution is 0.598. The Bertz CT molecular complexity index is 986. The predicted octanol–water partition coefficient (Wildman–Crippen LogP) is 4.51. The summed E-state index contributed by atoms with van der Waals surface area (Å²) in [6.07, 6.45) is 0. The summed E-state index contributed by atoms with van der Waals surface area (Å²) >= 11 is 13.5. The molecular formula is C15H11Cl2N3O2S2. The van der Waals surface area contributed by atoms with Crippen molar-refractivity contribution in [2.45, 2.75) is 4.90 Å². The van der Waals surface area contributed by atoms with Crippen LogP contribution in [-0.2, 0) is 10.0 Å². The monoisotopic (exact) mass is 399 g/mol. The van der Waals surface area contributed by atoms with Crippen LogP contribution in [0.15, 0.2) is 52.7 Å². The summed E-state index contributed by atoms with van der Waals surface area (Å²) in [5.41, 5.74) is 2.21. The van der Waals surface area contributed by atoms with Crippen LogP contribution in [0.2, 0.25) is 10.0 Å². The molecule has 0 aliphatic rings. The van der Waals surface area contributed by atoms with Crippen LogP contribution in [0.1, 0.15) is 0 Å².